The van der Waals surface area contributed by atoms with Gasteiger partial charge in [-0.15, -0.1) is 0 Å². The standard InChI is InChI=1S/C12H13FN4O2/c1-7(18)15-6-10(14)12-16-11(17-19-12)8-3-2-4-9(13)5-8/h2-5,10H,6,14H2,1H3,(H,15,18)/t10-/m1/s1. The average Bonchev–Trinajstić information content (AvgIpc) is 2.85. The van der Waals surface area contributed by atoms with E-state index in [1.165, 1.54) is 19.1 Å². The van der Waals surface area contributed by atoms with E-state index in [9.17, 15) is 9.18 Å². The highest BCUT2D eigenvalue weighted by Gasteiger charge is 2.16. The fourth-order valence-electron chi connectivity index (χ4n) is 1.47. The molecule has 2 aromatic rings. The quantitative estimate of drug-likeness (QED) is 0.859. The lowest BCUT2D eigenvalue weighted by Crippen LogP contribution is -2.30. The number of carbonyl (C=O) groups is 1. The third-order valence-corrected chi connectivity index (χ3v) is 2.41. The van der Waals surface area contributed by atoms with Crippen LogP contribution in [0.2, 0.25) is 0 Å². The van der Waals surface area contributed by atoms with Gasteiger partial charge >= 0.3 is 0 Å². The molecule has 0 saturated carbocycles. The summed E-state index contributed by atoms with van der Waals surface area (Å²) in [5, 5.41) is 6.28. The van der Waals surface area contributed by atoms with Gasteiger partial charge in [-0.3, -0.25) is 4.79 Å². The first-order valence-electron chi connectivity index (χ1n) is 5.66. The number of aromatic nitrogens is 2. The average molecular weight is 264 g/mol. The summed E-state index contributed by atoms with van der Waals surface area (Å²) in [6, 6.07) is 5.24. The highest BCUT2D eigenvalue weighted by molar-refractivity contribution is 5.72. The Hall–Kier alpha value is -2.28. The van der Waals surface area contributed by atoms with Gasteiger partial charge in [0.25, 0.3) is 0 Å². The van der Waals surface area contributed by atoms with Crippen LogP contribution in [0.3, 0.4) is 0 Å². The number of carbonyl (C=O) groups excluding carboxylic acids is 1. The highest BCUT2D eigenvalue weighted by atomic mass is 19.1. The van der Waals surface area contributed by atoms with Gasteiger partial charge in [0.2, 0.25) is 17.6 Å². The fraction of sp³-hybridized carbons (Fsp3) is 0.250. The van der Waals surface area contributed by atoms with Crippen molar-refractivity contribution >= 4 is 5.91 Å². The SMILES string of the molecule is CC(=O)NC[C@@H](N)c1nc(-c2cccc(F)c2)no1. The molecule has 0 spiro atoms. The Labute approximate surface area is 108 Å². The van der Waals surface area contributed by atoms with Crippen LogP contribution in [-0.4, -0.2) is 22.6 Å². The topological polar surface area (TPSA) is 94.0 Å². The van der Waals surface area contributed by atoms with Gasteiger partial charge < -0.3 is 15.6 Å². The van der Waals surface area contributed by atoms with Crippen LogP contribution in [0, 0.1) is 5.82 Å². The second-order valence-corrected chi connectivity index (χ2v) is 4.01. The van der Waals surface area contributed by atoms with Gasteiger partial charge in [-0.1, -0.05) is 17.3 Å². The fourth-order valence-corrected chi connectivity index (χ4v) is 1.47. The number of nitrogens with zero attached hydrogens (tertiary/aromatic N) is 2. The van der Waals surface area contributed by atoms with Crippen molar-refractivity contribution in [3.05, 3.63) is 36.0 Å². The smallest absolute Gasteiger partial charge is 0.245 e. The van der Waals surface area contributed by atoms with E-state index >= 15 is 0 Å². The molecule has 0 aliphatic carbocycles. The Morgan fingerprint density at radius 3 is 3.05 bits per heavy atom. The Balaban J connectivity index is 2.12. The second-order valence-electron chi connectivity index (χ2n) is 4.01. The van der Waals surface area contributed by atoms with Crippen LogP contribution in [0.1, 0.15) is 18.9 Å². The molecule has 1 atom stereocenters. The van der Waals surface area contributed by atoms with Gasteiger partial charge in [0, 0.05) is 19.0 Å². The molecule has 0 fully saturated rings. The molecule has 2 rings (SSSR count). The van der Waals surface area contributed by atoms with Crippen LogP contribution in [0.4, 0.5) is 4.39 Å². The largest absolute Gasteiger partial charge is 0.354 e. The zero-order chi connectivity index (χ0) is 13.8. The summed E-state index contributed by atoms with van der Waals surface area (Å²) in [6.07, 6.45) is 0. The Bertz CT molecular complexity index is 585. The molecule has 1 aromatic heterocycles. The molecular formula is C12H13FN4O2. The highest BCUT2D eigenvalue weighted by Crippen LogP contribution is 2.18. The van der Waals surface area contributed by atoms with Gasteiger partial charge in [0.15, 0.2) is 0 Å². The number of halogens is 1. The van der Waals surface area contributed by atoms with Crippen LogP contribution in [0.25, 0.3) is 11.4 Å². The molecular weight excluding hydrogens is 251 g/mol. The van der Waals surface area contributed by atoms with Crippen molar-refractivity contribution in [3.63, 3.8) is 0 Å². The number of nitrogens with one attached hydrogen (secondary N) is 1. The van der Waals surface area contributed by atoms with Crippen molar-refractivity contribution in [1.82, 2.24) is 15.5 Å². The van der Waals surface area contributed by atoms with E-state index in [-0.39, 0.29) is 30.0 Å². The van der Waals surface area contributed by atoms with Gasteiger partial charge in [0.05, 0.1) is 0 Å². The summed E-state index contributed by atoms with van der Waals surface area (Å²) in [7, 11) is 0. The Kier molecular flexibility index (Phi) is 3.86. The van der Waals surface area contributed by atoms with Crippen molar-refractivity contribution in [2.45, 2.75) is 13.0 Å². The van der Waals surface area contributed by atoms with Gasteiger partial charge in [-0.2, -0.15) is 4.98 Å². The minimum atomic E-state index is -0.598. The predicted octanol–water partition coefficient (Wildman–Crippen LogP) is 1.01. The zero-order valence-electron chi connectivity index (χ0n) is 10.3. The maximum absolute atomic E-state index is 13.1. The lowest BCUT2D eigenvalue weighted by molar-refractivity contribution is -0.119. The molecule has 0 aliphatic heterocycles. The Morgan fingerprint density at radius 1 is 1.58 bits per heavy atom. The molecule has 0 saturated heterocycles. The summed E-state index contributed by atoms with van der Waals surface area (Å²) in [4.78, 5) is 14.8. The first-order chi connectivity index (χ1) is 9.06. The summed E-state index contributed by atoms with van der Waals surface area (Å²) < 4.78 is 18.1. The number of benzene rings is 1. The minimum Gasteiger partial charge on any atom is -0.354 e. The molecule has 100 valence electrons. The van der Waals surface area contributed by atoms with Gasteiger partial charge in [-0.05, 0) is 12.1 Å². The number of hydrogen-bond acceptors (Lipinski definition) is 5. The van der Waals surface area contributed by atoms with E-state index in [0.29, 0.717) is 5.56 Å². The van der Waals surface area contributed by atoms with Crippen LogP contribution in [-0.2, 0) is 4.79 Å². The van der Waals surface area contributed by atoms with Crippen molar-refractivity contribution in [2.75, 3.05) is 6.54 Å². The number of hydrogen-bond donors (Lipinski definition) is 2. The minimum absolute atomic E-state index is 0.188. The molecule has 0 aliphatic rings. The molecule has 0 bridgehead atoms. The van der Waals surface area contributed by atoms with Crippen molar-refractivity contribution < 1.29 is 13.7 Å². The molecule has 0 radical (unpaired) electrons. The molecule has 1 heterocycles. The molecule has 3 N–H and O–H groups in total. The lowest BCUT2D eigenvalue weighted by Gasteiger charge is -2.06. The lowest BCUT2D eigenvalue weighted by atomic mass is 10.2. The third kappa shape index (κ3) is 3.35. The molecule has 7 heteroatoms. The number of nitrogens with two attached hydrogens (primary N) is 1. The first-order valence-corrected chi connectivity index (χ1v) is 5.66. The first kappa shape index (κ1) is 13.2. The summed E-state index contributed by atoms with van der Waals surface area (Å²) in [5.74, 6) is -0.132. The molecule has 19 heavy (non-hydrogen) atoms. The van der Waals surface area contributed by atoms with E-state index in [1.807, 2.05) is 0 Å². The van der Waals surface area contributed by atoms with E-state index < -0.39 is 6.04 Å². The van der Waals surface area contributed by atoms with E-state index in [1.54, 1.807) is 12.1 Å². The number of rotatable bonds is 4. The van der Waals surface area contributed by atoms with Crippen molar-refractivity contribution in [1.29, 1.82) is 0 Å². The maximum Gasteiger partial charge on any atom is 0.245 e. The zero-order valence-corrected chi connectivity index (χ0v) is 10.3. The van der Waals surface area contributed by atoms with E-state index in [2.05, 4.69) is 15.5 Å². The number of amides is 1. The monoisotopic (exact) mass is 264 g/mol. The van der Waals surface area contributed by atoms with Crippen molar-refractivity contribution in [3.8, 4) is 11.4 Å². The summed E-state index contributed by atoms with van der Waals surface area (Å²) in [5.41, 5.74) is 6.28. The Morgan fingerprint density at radius 2 is 2.37 bits per heavy atom. The second kappa shape index (κ2) is 5.57. The molecule has 6 nitrogen and oxygen atoms in total. The van der Waals surface area contributed by atoms with E-state index in [0.717, 1.165) is 0 Å². The summed E-state index contributed by atoms with van der Waals surface area (Å²) in [6.45, 7) is 1.58. The van der Waals surface area contributed by atoms with Crippen LogP contribution < -0.4 is 11.1 Å². The third-order valence-electron chi connectivity index (χ3n) is 2.41. The maximum atomic E-state index is 13.1. The van der Waals surface area contributed by atoms with Crippen LogP contribution in [0.5, 0.6) is 0 Å². The van der Waals surface area contributed by atoms with Crippen LogP contribution in [0.15, 0.2) is 28.8 Å². The molecule has 1 aromatic carbocycles. The van der Waals surface area contributed by atoms with Crippen molar-refractivity contribution in [2.24, 2.45) is 5.73 Å². The summed E-state index contributed by atoms with van der Waals surface area (Å²) >= 11 is 0. The molecule has 1 amide bonds. The van der Waals surface area contributed by atoms with Crippen LogP contribution >= 0.6 is 0 Å². The predicted molar refractivity (Wildman–Crippen MR) is 65.3 cm³/mol. The molecule has 0 unspecified atom stereocenters. The van der Waals surface area contributed by atoms with Gasteiger partial charge in [0.1, 0.15) is 11.9 Å². The normalized spacial score (nSPS) is 12.2. The van der Waals surface area contributed by atoms with Gasteiger partial charge in [-0.25, -0.2) is 4.39 Å². The van der Waals surface area contributed by atoms with E-state index in [4.69, 9.17) is 10.3 Å².